The standard InChI is InChI=1S/C80H150N4O8/c1-19-21-23-25-37-45-53-89-81-73(3,4)57-65(58-74(81,5)6)69(85)49-41-33-27-29-35-43-51-71(87)67-61-77(11,12)83(78(13,14)62-67)91-55-47-39-31-32-40-48-56-92-84-79(15,16)63-68(64-80(84,17)18)72(88)52-44-36-30-28-34-42-50-70(86)66-59-75(7,8)82(76(9,10)60-66)90-54-46-38-26-24-22-20-2/h65-68H,19-64H2,1-18H3. The molecule has 4 rings (SSSR count). The minimum atomic E-state index is -0.221. The third-order valence-corrected chi connectivity index (χ3v) is 21.8. The minimum Gasteiger partial charge on any atom is -0.299 e. The number of hydroxylamine groups is 8. The zero-order valence-electron chi connectivity index (χ0n) is 63.9. The smallest absolute Gasteiger partial charge is 0.136 e. The quantitative estimate of drug-likeness (QED) is 0.0540. The van der Waals surface area contributed by atoms with Crippen LogP contribution >= 0.6 is 0 Å². The van der Waals surface area contributed by atoms with Gasteiger partial charge in [-0.1, -0.05) is 155 Å². The lowest BCUT2D eigenvalue weighted by Crippen LogP contribution is -2.61. The second-order valence-electron chi connectivity index (χ2n) is 35.2. The zero-order valence-corrected chi connectivity index (χ0v) is 63.9. The van der Waals surface area contributed by atoms with Crippen LogP contribution in [0.25, 0.3) is 0 Å². The minimum absolute atomic E-state index is 0.0669. The normalized spacial score (nSPS) is 22.1. The predicted octanol–water partition coefficient (Wildman–Crippen LogP) is 21.4. The van der Waals surface area contributed by atoms with E-state index in [1.54, 1.807) is 0 Å². The Kier molecular flexibility index (Phi) is 35.8. The van der Waals surface area contributed by atoms with E-state index in [9.17, 15) is 19.2 Å². The molecule has 0 aromatic rings. The van der Waals surface area contributed by atoms with E-state index in [1.807, 2.05) is 0 Å². The Labute approximate surface area is 568 Å². The van der Waals surface area contributed by atoms with Crippen molar-refractivity contribution in [3.05, 3.63) is 0 Å². The number of rotatable bonds is 49. The first-order valence-electron chi connectivity index (χ1n) is 39.1. The van der Waals surface area contributed by atoms with E-state index in [2.05, 4.69) is 145 Å². The lowest BCUT2D eigenvalue weighted by molar-refractivity contribution is -0.286. The summed E-state index contributed by atoms with van der Waals surface area (Å²) in [4.78, 5) is 80.4. The Bertz CT molecular complexity index is 1900. The van der Waals surface area contributed by atoms with E-state index in [-0.39, 0.29) is 68.0 Å². The molecule has 4 fully saturated rings. The highest BCUT2D eigenvalue weighted by molar-refractivity contribution is 5.82. The topological polar surface area (TPSA) is 118 Å². The van der Waals surface area contributed by atoms with Gasteiger partial charge in [0.2, 0.25) is 0 Å². The number of carbonyl (C=O) groups excluding carboxylic acids is 4. The van der Waals surface area contributed by atoms with Gasteiger partial charge in [0.1, 0.15) is 23.1 Å². The van der Waals surface area contributed by atoms with Crippen LogP contribution in [0.5, 0.6) is 0 Å². The summed E-state index contributed by atoms with van der Waals surface area (Å²) in [5.74, 6) is 2.03. The van der Waals surface area contributed by atoms with Gasteiger partial charge in [-0.3, -0.25) is 38.5 Å². The molecule has 0 atom stereocenters. The summed E-state index contributed by atoms with van der Waals surface area (Å²) in [7, 11) is 0. The van der Waals surface area contributed by atoms with Gasteiger partial charge < -0.3 is 0 Å². The van der Waals surface area contributed by atoms with Crippen molar-refractivity contribution in [2.24, 2.45) is 23.7 Å². The Morgan fingerprint density at radius 1 is 0.239 bits per heavy atom. The molecule has 0 saturated carbocycles. The molecule has 12 heteroatoms. The maximum absolute atomic E-state index is 13.7. The Balaban J connectivity index is 0.998. The summed E-state index contributed by atoms with van der Waals surface area (Å²) in [5.41, 5.74) is -1.56. The Morgan fingerprint density at radius 3 is 0.543 bits per heavy atom. The molecule has 0 amide bonds. The van der Waals surface area contributed by atoms with Crippen LogP contribution in [0.15, 0.2) is 0 Å². The van der Waals surface area contributed by atoms with E-state index in [4.69, 9.17) is 19.4 Å². The highest BCUT2D eigenvalue weighted by Gasteiger charge is 2.52. The molecular weight excluding hydrogens is 1140 g/mol. The van der Waals surface area contributed by atoms with Crippen LogP contribution in [-0.4, -0.2) is 114 Å². The summed E-state index contributed by atoms with van der Waals surface area (Å²) in [6, 6.07) is 0. The molecular formula is C80H150N4O8. The molecule has 0 N–H and O–H groups in total. The fourth-order valence-electron chi connectivity index (χ4n) is 18.1. The molecule has 0 unspecified atom stereocenters. The molecule has 0 aromatic carbocycles. The van der Waals surface area contributed by atoms with Gasteiger partial charge in [0, 0.05) is 93.7 Å². The SMILES string of the molecule is CCCCCCCCON1C(C)(C)CC(C(=O)CCCCCCCCC(=O)C2CC(C)(C)N(OCCCCCCCCON3C(C)(C)CC(C(=O)CCCCCCCCC(=O)C4CC(C)(C)N(OCCCCCCCC)C(C)(C)C4)CC3(C)C)C(C)(C)C2)CC1(C)C. The van der Waals surface area contributed by atoms with Crippen LogP contribution in [-0.2, 0) is 38.5 Å². The lowest BCUT2D eigenvalue weighted by Gasteiger charge is -2.53. The molecule has 0 bridgehead atoms. The summed E-state index contributed by atoms with van der Waals surface area (Å²) in [6.45, 7) is 43.4. The summed E-state index contributed by atoms with van der Waals surface area (Å²) in [5, 5.41) is 8.89. The van der Waals surface area contributed by atoms with Crippen LogP contribution in [0.4, 0.5) is 0 Å². The van der Waals surface area contributed by atoms with Crippen LogP contribution in [0.2, 0.25) is 0 Å². The predicted molar refractivity (Wildman–Crippen MR) is 383 cm³/mol. The summed E-state index contributed by atoms with van der Waals surface area (Å²) in [6.07, 6.45) is 43.8. The number of Topliss-reactive ketones (excluding diaryl/α,β-unsaturated/α-hetero) is 4. The molecule has 4 aliphatic heterocycles. The summed E-state index contributed by atoms with van der Waals surface area (Å²) >= 11 is 0. The Morgan fingerprint density at radius 2 is 0.380 bits per heavy atom. The molecule has 92 heavy (non-hydrogen) atoms. The van der Waals surface area contributed by atoms with Crippen LogP contribution < -0.4 is 0 Å². The van der Waals surface area contributed by atoms with E-state index in [0.717, 1.165) is 180 Å². The number of piperidine rings is 4. The highest BCUT2D eigenvalue weighted by atomic mass is 16.7. The van der Waals surface area contributed by atoms with Crippen LogP contribution in [0.3, 0.4) is 0 Å². The van der Waals surface area contributed by atoms with Crippen molar-refractivity contribution in [2.75, 3.05) is 26.4 Å². The Hall–Kier alpha value is -1.64. The molecule has 4 aliphatic rings. The second kappa shape index (κ2) is 39.8. The number of nitrogens with zero attached hydrogens (tertiary/aromatic N) is 4. The zero-order chi connectivity index (χ0) is 68.3. The number of hydrogen-bond acceptors (Lipinski definition) is 12. The number of ketones is 4. The lowest BCUT2D eigenvalue weighted by atomic mass is 9.73. The van der Waals surface area contributed by atoms with Crippen LogP contribution in [0, 0.1) is 23.7 Å². The molecule has 12 nitrogen and oxygen atoms in total. The first-order valence-corrected chi connectivity index (χ1v) is 39.1. The van der Waals surface area contributed by atoms with Crippen LogP contribution in [0.1, 0.15) is 394 Å². The highest BCUT2D eigenvalue weighted by Crippen LogP contribution is 2.47. The number of hydrogen-bond donors (Lipinski definition) is 0. The maximum atomic E-state index is 13.7. The summed E-state index contributed by atoms with van der Waals surface area (Å²) < 4.78 is 0. The number of carbonyl (C=O) groups is 4. The van der Waals surface area contributed by atoms with E-state index >= 15 is 0 Å². The molecule has 4 heterocycles. The molecule has 0 radical (unpaired) electrons. The van der Waals surface area contributed by atoms with Gasteiger partial charge in [-0.2, -0.15) is 20.3 Å². The molecule has 4 saturated heterocycles. The molecule has 0 spiro atoms. The maximum Gasteiger partial charge on any atom is 0.136 e. The van der Waals surface area contributed by atoms with Crippen molar-refractivity contribution < 1.29 is 38.5 Å². The second-order valence-corrected chi connectivity index (χ2v) is 35.2. The monoisotopic (exact) mass is 1300 g/mol. The van der Waals surface area contributed by atoms with Crippen molar-refractivity contribution in [1.29, 1.82) is 0 Å². The average molecular weight is 1300 g/mol. The van der Waals surface area contributed by atoms with Crippen molar-refractivity contribution in [3.8, 4) is 0 Å². The van der Waals surface area contributed by atoms with Gasteiger partial charge in [0.25, 0.3) is 0 Å². The van der Waals surface area contributed by atoms with Crippen molar-refractivity contribution in [3.63, 3.8) is 0 Å². The van der Waals surface area contributed by atoms with Crippen molar-refractivity contribution in [2.45, 2.75) is 439 Å². The first-order chi connectivity index (χ1) is 43.2. The number of unbranched alkanes of at least 4 members (excludes halogenated alkanes) is 25. The van der Waals surface area contributed by atoms with Gasteiger partial charge in [0.15, 0.2) is 0 Å². The fourth-order valence-corrected chi connectivity index (χ4v) is 18.1. The van der Waals surface area contributed by atoms with Crippen molar-refractivity contribution >= 4 is 23.1 Å². The third-order valence-electron chi connectivity index (χ3n) is 21.8. The molecule has 0 aliphatic carbocycles. The van der Waals surface area contributed by atoms with Gasteiger partial charge in [-0.15, -0.1) is 0 Å². The molecule has 538 valence electrons. The van der Waals surface area contributed by atoms with E-state index < -0.39 is 0 Å². The third kappa shape index (κ3) is 27.9. The van der Waals surface area contributed by atoms with Gasteiger partial charge >= 0.3 is 0 Å². The average Bonchev–Trinajstić information content (AvgIpc) is 0.806. The first kappa shape index (κ1) is 82.8. The van der Waals surface area contributed by atoms with Gasteiger partial charge in [-0.25, -0.2) is 0 Å². The largest absolute Gasteiger partial charge is 0.299 e. The van der Waals surface area contributed by atoms with E-state index in [0.29, 0.717) is 62.0 Å². The van der Waals surface area contributed by atoms with E-state index in [1.165, 1.54) is 77.0 Å². The molecule has 0 aromatic heterocycles. The van der Waals surface area contributed by atoms with Crippen molar-refractivity contribution in [1.82, 2.24) is 20.3 Å². The van der Waals surface area contributed by atoms with Gasteiger partial charge in [0.05, 0.1) is 26.4 Å². The fraction of sp³-hybridized carbons (Fsp3) is 0.950. The van der Waals surface area contributed by atoms with Gasteiger partial charge in [-0.05, 0) is 214 Å².